The maximum Gasteiger partial charge on any atom is 0.0606 e. The Balaban J connectivity index is 2.34. The van der Waals surface area contributed by atoms with E-state index < -0.39 is 0 Å². The lowest BCUT2D eigenvalue weighted by Crippen LogP contribution is -2.08. The van der Waals surface area contributed by atoms with Gasteiger partial charge in [0.05, 0.1) is 11.9 Å². The molecule has 1 N–H and O–H groups in total. The Morgan fingerprint density at radius 3 is 2.80 bits per heavy atom. The Bertz CT molecular complexity index is 444. The first-order valence-corrected chi connectivity index (χ1v) is 5.34. The van der Waals surface area contributed by atoms with Crippen molar-refractivity contribution in [1.82, 2.24) is 4.98 Å². The SMILES string of the molecule is CC(C)CNc1cncc2ccccc12. The molecule has 15 heavy (non-hydrogen) atoms. The smallest absolute Gasteiger partial charge is 0.0606 e. The topological polar surface area (TPSA) is 24.9 Å². The van der Waals surface area contributed by atoms with Crippen LogP contribution in [0.2, 0.25) is 0 Å². The monoisotopic (exact) mass is 200 g/mol. The van der Waals surface area contributed by atoms with Crippen molar-refractivity contribution < 1.29 is 0 Å². The van der Waals surface area contributed by atoms with E-state index in [4.69, 9.17) is 0 Å². The summed E-state index contributed by atoms with van der Waals surface area (Å²) < 4.78 is 0. The summed E-state index contributed by atoms with van der Waals surface area (Å²) in [6, 6.07) is 8.31. The van der Waals surface area contributed by atoms with Gasteiger partial charge >= 0.3 is 0 Å². The van der Waals surface area contributed by atoms with Gasteiger partial charge in [0, 0.05) is 23.5 Å². The Kier molecular flexibility index (Phi) is 2.86. The minimum Gasteiger partial charge on any atom is -0.383 e. The van der Waals surface area contributed by atoms with Crippen LogP contribution in [0.15, 0.2) is 36.7 Å². The number of nitrogens with zero attached hydrogens (tertiary/aromatic N) is 1. The molecule has 1 aromatic carbocycles. The van der Waals surface area contributed by atoms with Crippen LogP contribution in [0.4, 0.5) is 5.69 Å². The molecule has 2 heteroatoms. The van der Waals surface area contributed by atoms with Crippen LogP contribution in [0.1, 0.15) is 13.8 Å². The lowest BCUT2D eigenvalue weighted by atomic mass is 10.1. The van der Waals surface area contributed by atoms with Gasteiger partial charge in [0.15, 0.2) is 0 Å². The van der Waals surface area contributed by atoms with Gasteiger partial charge in [0.2, 0.25) is 0 Å². The molecular formula is C13H16N2. The van der Waals surface area contributed by atoms with Crippen molar-refractivity contribution in [2.24, 2.45) is 5.92 Å². The van der Waals surface area contributed by atoms with E-state index in [2.05, 4.69) is 42.3 Å². The number of anilines is 1. The van der Waals surface area contributed by atoms with Crippen molar-refractivity contribution in [2.45, 2.75) is 13.8 Å². The fraction of sp³-hybridized carbons (Fsp3) is 0.308. The first-order chi connectivity index (χ1) is 7.27. The third kappa shape index (κ3) is 2.27. The number of hydrogen-bond donors (Lipinski definition) is 1. The van der Waals surface area contributed by atoms with Crippen LogP contribution in [0.3, 0.4) is 0 Å². The highest BCUT2D eigenvalue weighted by Crippen LogP contribution is 2.21. The second-order valence-electron chi connectivity index (χ2n) is 4.18. The predicted molar refractivity (Wildman–Crippen MR) is 65.1 cm³/mol. The fourth-order valence-electron chi connectivity index (χ4n) is 1.57. The lowest BCUT2D eigenvalue weighted by Gasteiger charge is -2.10. The molecule has 0 aliphatic heterocycles. The molecule has 78 valence electrons. The zero-order valence-corrected chi connectivity index (χ0v) is 9.20. The summed E-state index contributed by atoms with van der Waals surface area (Å²) in [5.41, 5.74) is 1.13. The molecule has 0 atom stereocenters. The number of rotatable bonds is 3. The standard InChI is InChI=1S/C13H16N2/c1-10(2)7-15-13-9-14-8-11-5-3-4-6-12(11)13/h3-6,8-10,15H,7H2,1-2H3. The summed E-state index contributed by atoms with van der Waals surface area (Å²) in [7, 11) is 0. The molecule has 0 aliphatic rings. The lowest BCUT2D eigenvalue weighted by molar-refractivity contribution is 0.689. The molecule has 0 bridgehead atoms. The zero-order chi connectivity index (χ0) is 10.7. The van der Waals surface area contributed by atoms with Gasteiger partial charge in [-0.25, -0.2) is 0 Å². The number of benzene rings is 1. The van der Waals surface area contributed by atoms with E-state index in [9.17, 15) is 0 Å². The van der Waals surface area contributed by atoms with Gasteiger partial charge < -0.3 is 5.32 Å². The van der Waals surface area contributed by atoms with Crippen LogP contribution in [0.5, 0.6) is 0 Å². The van der Waals surface area contributed by atoms with Crippen molar-refractivity contribution >= 4 is 16.5 Å². The second kappa shape index (κ2) is 4.30. The minimum atomic E-state index is 0.643. The largest absolute Gasteiger partial charge is 0.383 e. The van der Waals surface area contributed by atoms with Gasteiger partial charge in [-0.05, 0) is 5.92 Å². The van der Waals surface area contributed by atoms with Crippen LogP contribution in [0.25, 0.3) is 10.8 Å². The number of aromatic nitrogens is 1. The van der Waals surface area contributed by atoms with E-state index in [1.807, 2.05) is 18.5 Å². The molecule has 2 aromatic rings. The predicted octanol–water partition coefficient (Wildman–Crippen LogP) is 3.30. The zero-order valence-electron chi connectivity index (χ0n) is 9.20. The van der Waals surface area contributed by atoms with E-state index >= 15 is 0 Å². The van der Waals surface area contributed by atoms with Crippen molar-refractivity contribution in [3.05, 3.63) is 36.7 Å². The highest BCUT2D eigenvalue weighted by atomic mass is 14.9. The Hall–Kier alpha value is -1.57. The average Bonchev–Trinajstić information content (AvgIpc) is 2.26. The van der Waals surface area contributed by atoms with Crippen LogP contribution in [0, 0.1) is 5.92 Å². The van der Waals surface area contributed by atoms with E-state index in [0.717, 1.165) is 12.2 Å². The van der Waals surface area contributed by atoms with Crippen molar-refractivity contribution in [3.8, 4) is 0 Å². The molecule has 2 nitrogen and oxygen atoms in total. The highest BCUT2D eigenvalue weighted by molar-refractivity contribution is 5.92. The third-order valence-electron chi connectivity index (χ3n) is 2.37. The first kappa shape index (κ1) is 9.97. The van der Waals surface area contributed by atoms with Gasteiger partial charge in [-0.2, -0.15) is 0 Å². The molecule has 0 radical (unpaired) electrons. The fourth-order valence-corrected chi connectivity index (χ4v) is 1.57. The van der Waals surface area contributed by atoms with Gasteiger partial charge in [-0.1, -0.05) is 38.1 Å². The van der Waals surface area contributed by atoms with Gasteiger partial charge in [-0.3, -0.25) is 4.98 Å². The molecule has 0 spiro atoms. The summed E-state index contributed by atoms with van der Waals surface area (Å²) in [6.07, 6.45) is 3.79. The molecule has 2 rings (SSSR count). The average molecular weight is 200 g/mol. The molecule has 0 saturated heterocycles. The van der Waals surface area contributed by atoms with Gasteiger partial charge in [0.1, 0.15) is 0 Å². The Morgan fingerprint density at radius 1 is 1.20 bits per heavy atom. The van der Waals surface area contributed by atoms with Crippen molar-refractivity contribution in [2.75, 3.05) is 11.9 Å². The normalized spacial score (nSPS) is 10.9. The second-order valence-corrected chi connectivity index (χ2v) is 4.18. The van der Waals surface area contributed by atoms with Crippen LogP contribution >= 0.6 is 0 Å². The summed E-state index contributed by atoms with van der Waals surface area (Å²) >= 11 is 0. The molecule has 0 aliphatic carbocycles. The number of fused-ring (bicyclic) bond motifs is 1. The third-order valence-corrected chi connectivity index (χ3v) is 2.37. The molecular weight excluding hydrogens is 184 g/mol. The van der Waals surface area contributed by atoms with E-state index in [-0.39, 0.29) is 0 Å². The van der Waals surface area contributed by atoms with Crippen LogP contribution in [-0.4, -0.2) is 11.5 Å². The Labute approximate surface area is 90.3 Å². The summed E-state index contributed by atoms with van der Waals surface area (Å²) in [5.74, 6) is 0.643. The highest BCUT2D eigenvalue weighted by Gasteiger charge is 2.00. The van der Waals surface area contributed by atoms with E-state index in [1.54, 1.807) is 0 Å². The van der Waals surface area contributed by atoms with E-state index in [1.165, 1.54) is 10.8 Å². The summed E-state index contributed by atoms with van der Waals surface area (Å²) in [6.45, 7) is 5.38. The molecule has 0 saturated carbocycles. The number of pyridine rings is 1. The van der Waals surface area contributed by atoms with Gasteiger partial charge in [-0.15, -0.1) is 0 Å². The van der Waals surface area contributed by atoms with Gasteiger partial charge in [0.25, 0.3) is 0 Å². The Morgan fingerprint density at radius 2 is 2.00 bits per heavy atom. The number of hydrogen-bond acceptors (Lipinski definition) is 2. The molecule has 0 unspecified atom stereocenters. The summed E-state index contributed by atoms with van der Waals surface area (Å²) in [5, 5.41) is 5.85. The van der Waals surface area contributed by atoms with Crippen molar-refractivity contribution in [3.63, 3.8) is 0 Å². The molecule has 1 aromatic heterocycles. The maximum atomic E-state index is 4.23. The molecule has 1 heterocycles. The summed E-state index contributed by atoms with van der Waals surface area (Å²) in [4.78, 5) is 4.23. The molecule has 0 fully saturated rings. The van der Waals surface area contributed by atoms with E-state index in [0.29, 0.717) is 5.92 Å². The minimum absolute atomic E-state index is 0.643. The van der Waals surface area contributed by atoms with Crippen LogP contribution < -0.4 is 5.32 Å². The van der Waals surface area contributed by atoms with Crippen LogP contribution in [-0.2, 0) is 0 Å². The quantitative estimate of drug-likeness (QED) is 0.822. The van der Waals surface area contributed by atoms with Crippen molar-refractivity contribution in [1.29, 1.82) is 0 Å². The first-order valence-electron chi connectivity index (χ1n) is 5.34. The maximum absolute atomic E-state index is 4.23. The molecule has 0 amide bonds. The number of nitrogens with one attached hydrogen (secondary N) is 1.